The molecule has 0 spiro atoms. The van der Waals surface area contributed by atoms with Crippen molar-refractivity contribution in [1.82, 2.24) is 14.8 Å². The van der Waals surface area contributed by atoms with Crippen LogP contribution in [0.1, 0.15) is 57.5 Å². The summed E-state index contributed by atoms with van der Waals surface area (Å²) in [6.07, 6.45) is 0. The molecule has 0 N–H and O–H groups in total. The molecule has 0 bridgehead atoms. The third kappa shape index (κ3) is 5.27. The van der Waals surface area contributed by atoms with E-state index < -0.39 is 0 Å². The van der Waals surface area contributed by atoms with Crippen LogP contribution in [0.2, 0.25) is 0 Å². The number of rotatable bonds is 5. The average molecular weight is 486 g/mol. The molecule has 0 aliphatic heterocycles. The van der Waals surface area contributed by atoms with E-state index in [0.717, 1.165) is 28.5 Å². The Hall–Kier alpha value is -3.98. The number of nitrogens with zero attached hydrogens (tertiary/aromatic N) is 3. The first-order valence-electron chi connectivity index (χ1n) is 13.0. The maximum atomic E-state index is 4.78. The van der Waals surface area contributed by atoms with Gasteiger partial charge in [-0.15, -0.1) is 0 Å². The molecule has 37 heavy (non-hydrogen) atoms. The van der Waals surface area contributed by atoms with E-state index in [-0.39, 0.29) is 5.41 Å². The highest BCUT2D eigenvalue weighted by atomic mass is 15.3. The van der Waals surface area contributed by atoms with E-state index in [4.69, 9.17) is 10.1 Å². The van der Waals surface area contributed by atoms with Crippen molar-refractivity contribution in [1.29, 1.82) is 0 Å². The smallest absolute Gasteiger partial charge is 0.163 e. The molecule has 0 fully saturated rings. The van der Waals surface area contributed by atoms with Crippen molar-refractivity contribution < 1.29 is 0 Å². The zero-order valence-electron chi connectivity index (χ0n) is 22.7. The summed E-state index contributed by atoms with van der Waals surface area (Å²) in [5.74, 6) is 2.11. The molecule has 186 valence electrons. The molecule has 5 aromatic rings. The number of aromatic nitrogens is 3. The molecule has 1 aromatic heterocycles. The van der Waals surface area contributed by atoms with E-state index in [0.29, 0.717) is 5.92 Å². The normalized spacial score (nSPS) is 11.8. The van der Waals surface area contributed by atoms with Crippen LogP contribution >= 0.6 is 0 Å². The largest absolute Gasteiger partial charge is 0.213 e. The van der Waals surface area contributed by atoms with Crippen LogP contribution in [0.15, 0.2) is 97.1 Å². The van der Waals surface area contributed by atoms with Crippen LogP contribution in [-0.4, -0.2) is 14.8 Å². The Labute approximate surface area is 220 Å². The quantitative estimate of drug-likeness (QED) is 0.249. The molecule has 0 unspecified atom stereocenters. The van der Waals surface area contributed by atoms with Crippen molar-refractivity contribution in [3.63, 3.8) is 0 Å². The van der Waals surface area contributed by atoms with Gasteiger partial charge in [0.1, 0.15) is 5.82 Å². The van der Waals surface area contributed by atoms with Crippen LogP contribution in [0.5, 0.6) is 0 Å². The molecule has 0 saturated heterocycles. The van der Waals surface area contributed by atoms with Crippen LogP contribution in [0.3, 0.4) is 0 Å². The van der Waals surface area contributed by atoms with Gasteiger partial charge in [-0.1, -0.05) is 113 Å². The van der Waals surface area contributed by atoms with E-state index in [1.165, 1.54) is 27.8 Å². The van der Waals surface area contributed by atoms with Gasteiger partial charge in [0.15, 0.2) is 5.82 Å². The lowest BCUT2D eigenvalue weighted by Crippen LogP contribution is -2.10. The molecule has 5 rings (SSSR count). The highest BCUT2D eigenvalue weighted by Gasteiger charge is 2.14. The fraction of sp³-hybridized carbons (Fsp3) is 0.235. The van der Waals surface area contributed by atoms with Gasteiger partial charge in [0, 0.05) is 5.56 Å². The molecule has 3 nitrogen and oxygen atoms in total. The molecule has 0 amide bonds. The van der Waals surface area contributed by atoms with E-state index in [2.05, 4.69) is 132 Å². The minimum Gasteiger partial charge on any atom is -0.213 e. The van der Waals surface area contributed by atoms with E-state index >= 15 is 0 Å². The third-order valence-corrected chi connectivity index (χ3v) is 6.94. The van der Waals surface area contributed by atoms with Crippen molar-refractivity contribution >= 4 is 0 Å². The lowest BCUT2D eigenvalue weighted by atomic mass is 9.86. The highest BCUT2D eigenvalue weighted by molar-refractivity contribution is 5.74. The minimum atomic E-state index is 0.160. The summed E-state index contributed by atoms with van der Waals surface area (Å²) >= 11 is 0. The molecule has 0 aliphatic carbocycles. The molecule has 0 aliphatic rings. The number of hydrogen-bond donors (Lipinski definition) is 0. The topological polar surface area (TPSA) is 30.7 Å². The number of benzene rings is 4. The first-order chi connectivity index (χ1) is 17.7. The molecule has 3 heteroatoms. The third-order valence-electron chi connectivity index (χ3n) is 6.94. The predicted octanol–water partition coefficient (Wildman–Crippen LogP) is 9.00. The first kappa shape index (κ1) is 24.7. The van der Waals surface area contributed by atoms with Crippen molar-refractivity contribution in [2.24, 2.45) is 0 Å². The van der Waals surface area contributed by atoms with Crippen LogP contribution in [0.25, 0.3) is 39.3 Å². The highest BCUT2D eigenvalue weighted by Crippen LogP contribution is 2.30. The average Bonchev–Trinajstić information content (AvgIpc) is 3.30. The first-order valence-corrected chi connectivity index (χ1v) is 13.0. The monoisotopic (exact) mass is 485 g/mol. The van der Waals surface area contributed by atoms with Gasteiger partial charge in [-0.2, -0.15) is 5.10 Å². The molecular weight excluding hydrogens is 450 g/mol. The van der Waals surface area contributed by atoms with Crippen molar-refractivity contribution in [2.45, 2.75) is 52.9 Å². The van der Waals surface area contributed by atoms with Gasteiger partial charge in [-0.25, -0.2) is 9.67 Å². The lowest BCUT2D eigenvalue weighted by molar-refractivity contribution is 0.590. The van der Waals surface area contributed by atoms with Crippen molar-refractivity contribution in [2.75, 3.05) is 0 Å². The molecule has 0 radical (unpaired) electrons. The van der Waals surface area contributed by atoms with Gasteiger partial charge in [-0.05, 0) is 69.8 Å². The van der Waals surface area contributed by atoms with Gasteiger partial charge >= 0.3 is 0 Å². The Morgan fingerprint density at radius 1 is 0.649 bits per heavy atom. The summed E-state index contributed by atoms with van der Waals surface area (Å²) in [4.78, 5) is 4.78. The van der Waals surface area contributed by atoms with Gasteiger partial charge in [-0.3, -0.25) is 0 Å². The van der Waals surface area contributed by atoms with E-state index in [9.17, 15) is 0 Å². The van der Waals surface area contributed by atoms with Gasteiger partial charge in [0.25, 0.3) is 0 Å². The summed E-state index contributed by atoms with van der Waals surface area (Å²) in [6, 6.07) is 34.9. The summed E-state index contributed by atoms with van der Waals surface area (Å²) in [5.41, 5.74) is 9.70. The summed E-state index contributed by atoms with van der Waals surface area (Å²) in [7, 11) is 0. The SMILES string of the molecule is Cc1nc(-c2cccc(-c3ccc(-c4ccc(C(C)(C)C)cc4)cc3)c2)n(-c2ccc(C(C)C)cc2)n1. The maximum Gasteiger partial charge on any atom is 0.163 e. The summed E-state index contributed by atoms with van der Waals surface area (Å²) in [6.45, 7) is 13.1. The van der Waals surface area contributed by atoms with E-state index in [1.54, 1.807) is 0 Å². The Kier molecular flexibility index (Phi) is 6.55. The van der Waals surface area contributed by atoms with Gasteiger partial charge < -0.3 is 0 Å². The van der Waals surface area contributed by atoms with Crippen LogP contribution in [0, 0.1) is 6.92 Å². The Morgan fingerprint density at radius 2 is 1.19 bits per heavy atom. The van der Waals surface area contributed by atoms with Crippen LogP contribution < -0.4 is 0 Å². The predicted molar refractivity (Wildman–Crippen MR) is 155 cm³/mol. The zero-order valence-corrected chi connectivity index (χ0v) is 22.7. The lowest BCUT2D eigenvalue weighted by Gasteiger charge is -2.19. The molecule has 1 heterocycles. The van der Waals surface area contributed by atoms with Gasteiger partial charge in [0.05, 0.1) is 5.69 Å². The second kappa shape index (κ2) is 9.82. The fourth-order valence-electron chi connectivity index (χ4n) is 4.64. The fourth-order valence-corrected chi connectivity index (χ4v) is 4.64. The van der Waals surface area contributed by atoms with Crippen molar-refractivity contribution in [3.8, 4) is 39.3 Å². The summed E-state index contributed by atoms with van der Waals surface area (Å²) in [5, 5.41) is 4.71. The van der Waals surface area contributed by atoms with Crippen molar-refractivity contribution in [3.05, 3.63) is 114 Å². The van der Waals surface area contributed by atoms with Gasteiger partial charge in [0.2, 0.25) is 0 Å². The summed E-state index contributed by atoms with van der Waals surface area (Å²) < 4.78 is 1.95. The maximum absolute atomic E-state index is 4.78. The van der Waals surface area contributed by atoms with Crippen LogP contribution in [0.4, 0.5) is 0 Å². The Bertz CT molecular complexity index is 1500. The Morgan fingerprint density at radius 3 is 1.76 bits per heavy atom. The van der Waals surface area contributed by atoms with Crippen LogP contribution in [-0.2, 0) is 5.41 Å². The molecule has 0 atom stereocenters. The molecule has 0 saturated carbocycles. The number of hydrogen-bond acceptors (Lipinski definition) is 2. The minimum absolute atomic E-state index is 0.160. The Balaban J connectivity index is 1.44. The second-order valence-electron chi connectivity index (χ2n) is 11.1. The molecule has 4 aromatic carbocycles. The molecular formula is C34H35N3. The standard InChI is InChI=1S/C34H35N3/c1-23(2)25-16-20-32(21-17-25)37-33(35-24(3)36-37)30-9-7-8-29(22-30)28-12-10-26(11-13-28)27-14-18-31(19-15-27)34(4,5)6/h7-23H,1-6H3. The number of aryl methyl sites for hydroxylation is 1. The second-order valence-corrected chi connectivity index (χ2v) is 11.1. The van der Waals surface area contributed by atoms with E-state index in [1.807, 2.05) is 11.6 Å². The zero-order chi connectivity index (χ0) is 26.2.